The molecule has 0 N–H and O–H groups in total. The van der Waals surface area contributed by atoms with Crippen molar-refractivity contribution in [3.63, 3.8) is 0 Å². The summed E-state index contributed by atoms with van der Waals surface area (Å²) >= 11 is 0. The van der Waals surface area contributed by atoms with Crippen LogP contribution in [0.5, 0.6) is 0 Å². The Kier molecular flexibility index (Phi) is 11.3. The van der Waals surface area contributed by atoms with Gasteiger partial charge in [-0.1, -0.05) is 34.6 Å². The van der Waals surface area contributed by atoms with E-state index in [9.17, 15) is 4.79 Å². The first-order chi connectivity index (χ1) is 11.3. The summed E-state index contributed by atoms with van der Waals surface area (Å²) in [4.78, 5) is 12.7. The van der Waals surface area contributed by atoms with Gasteiger partial charge in [-0.15, -0.1) is 0 Å². The smallest absolute Gasteiger partial charge is 0.501 e. The zero-order valence-electron chi connectivity index (χ0n) is 16.9. The van der Waals surface area contributed by atoms with Crippen molar-refractivity contribution in [3.05, 3.63) is 0 Å². The molecule has 0 bridgehead atoms. The molecule has 0 rings (SSSR count). The fourth-order valence-corrected chi connectivity index (χ4v) is 9.15. The topological polar surface area (TPSA) is 54.0 Å². The van der Waals surface area contributed by atoms with Crippen LogP contribution in [0.1, 0.15) is 55.4 Å². The molecule has 0 saturated carbocycles. The minimum atomic E-state index is -2.83. The summed E-state index contributed by atoms with van der Waals surface area (Å²) in [6, 6.07) is 2.37. The van der Waals surface area contributed by atoms with Crippen molar-refractivity contribution in [2.75, 3.05) is 19.8 Å². The maximum absolute atomic E-state index is 12.7. The van der Waals surface area contributed by atoms with Crippen molar-refractivity contribution in [2.24, 2.45) is 5.92 Å². The average molecular weight is 379 g/mol. The first-order valence-electron chi connectivity index (χ1n) is 9.40. The van der Waals surface area contributed by atoms with Crippen LogP contribution >= 0.6 is 0 Å². The molecule has 0 aromatic carbocycles. The van der Waals surface area contributed by atoms with Crippen molar-refractivity contribution in [1.29, 1.82) is 0 Å². The lowest BCUT2D eigenvalue weighted by Crippen LogP contribution is -2.49. The summed E-state index contributed by atoms with van der Waals surface area (Å²) in [6.07, 6.45) is 0. The summed E-state index contributed by atoms with van der Waals surface area (Å²) in [5, 5.41) is 0. The molecule has 0 fully saturated rings. The van der Waals surface area contributed by atoms with Crippen LogP contribution < -0.4 is 0 Å². The van der Waals surface area contributed by atoms with Gasteiger partial charge in [0.05, 0.1) is 5.92 Å². The molecule has 0 aliphatic carbocycles. The van der Waals surface area contributed by atoms with Gasteiger partial charge in [-0.05, 0) is 38.4 Å². The molecule has 0 aliphatic rings. The summed E-state index contributed by atoms with van der Waals surface area (Å²) in [5.41, 5.74) is 0.413. The second-order valence-corrected chi connectivity index (χ2v) is 14.0. The van der Waals surface area contributed by atoms with Gasteiger partial charge < -0.3 is 17.7 Å². The minimum absolute atomic E-state index is 0.130. The lowest BCUT2D eigenvalue weighted by Gasteiger charge is -2.35. The van der Waals surface area contributed by atoms with Crippen LogP contribution in [-0.2, 0) is 22.5 Å². The van der Waals surface area contributed by atoms with Crippen molar-refractivity contribution in [1.82, 2.24) is 0 Å². The number of carbonyl (C=O) groups is 1. The predicted molar refractivity (Wildman–Crippen MR) is 103 cm³/mol. The zero-order valence-corrected chi connectivity index (χ0v) is 18.9. The van der Waals surface area contributed by atoms with Crippen molar-refractivity contribution in [2.45, 2.75) is 79.1 Å². The Bertz CT molecular complexity index is 342. The Balaban J connectivity index is 5.15. The van der Waals surface area contributed by atoms with E-state index in [1.807, 2.05) is 27.7 Å². The highest BCUT2D eigenvalue weighted by Gasteiger charge is 2.45. The van der Waals surface area contributed by atoms with E-state index in [1.54, 1.807) is 0 Å². The summed E-state index contributed by atoms with van der Waals surface area (Å²) in [7, 11) is -4.86. The van der Waals surface area contributed by atoms with Gasteiger partial charge in [0.15, 0.2) is 0 Å². The van der Waals surface area contributed by atoms with Crippen LogP contribution in [0.15, 0.2) is 0 Å². The summed E-state index contributed by atoms with van der Waals surface area (Å²) in [6.45, 7) is 17.8. The number of hydrogen-bond acceptors (Lipinski definition) is 5. The largest absolute Gasteiger partial charge is 0.519 e. The maximum Gasteiger partial charge on any atom is 0.501 e. The number of hydrogen-bond donors (Lipinski definition) is 0. The Morgan fingerprint density at radius 2 is 1.25 bits per heavy atom. The normalized spacial score (nSPS) is 14.0. The fraction of sp³-hybridized carbons (Fsp3) is 0.941. The summed E-state index contributed by atoms with van der Waals surface area (Å²) < 4.78 is 23.7. The van der Waals surface area contributed by atoms with Crippen LogP contribution in [0.25, 0.3) is 0 Å². The van der Waals surface area contributed by atoms with E-state index in [2.05, 4.69) is 27.7 Å². The Labute approximate surface area is 150 Å². The van der Waals surface area contributed by atoms with Crippen molar-refractivity contribution < 1.29 is 22.5 Å². The first kappa shape index (κ1) is 23.8. The molecule has 24 heavy (non-hydrogen) atoms. The third-order valence-electron chi connectivity index (χ3n) is 4.60. The van der Waals surface area contributed by atoms with Crippen LogP contribution in [0.2, 0.25) is 23.7 Å². The molecule has 1 atom stereocenters. The highest BCUT2D eigenvalue weighted by molar-refractivity contribution is 6.76. The highest BCUT2D eigenvalue weighted by atomic mass is 28.4. The van der Waals surface area contributed by atoms with Gasteiger partial charge in [0.25, 0.3) is 14.3 Å². The summed E-state index contributed by atoms with van der Waals surface area (Å²) in [5.74, 6) is -0.417. The fourth-order valence-electron chi connectivity index (χ4n) is 3.05. The molecule has 0 amide bonds. The van der Waals surface area contributed by atoms with Gasteiger partial charge in [-0.25, -0.2) is 0 Å². The van der Waals surface area contributed by atoms with E-state index in [4.69, 9.17) is 17.7 Å². The van der Waals surface area contributed by atoms with Crippen molar-refractivity contribution in [3.8, 4) is 0 Å². The molecule has 5 nitrogen and oxygen atoms in total. The van der Waals surface area contributed by atoms with Crippen LogP contribution in [0, 0.1) is 5.92 Å². The Morgan fingerprint density at radius 1 is 0.833 bits per heavy atom. The van der Waals surface area contributed by atoms with E-state index in [0.29, 0.717) is 31.4 Å². The van der Waals surface area contributed by atoms with Gasteiger partial charge in [-0.3, -0.25) is 4.79 Å². The van der Waals surface area contributed by atoms with Crippen LogP contribution in [-0.4, -0.2) is 42.9 Å². The average Bonchev–Trinajstić information content (AvgIpc) is 2.52. The van der Waals surface area contributed by atoms with Gasteiger partial charge in [0.1, 0.15) is 0 Å². The molecular formula is C17H38O5Si2. The van der Waals surface area contributed by atoms with Gasteiger partial charge in [0.2, 0.25) is 0 Å². The molecule has 0 aliphatic heterocycles. The first-order valence-corrected chi connectivity index (χ1v) is 13.7. The Morgan fingerprint density at radius 3 is 1.54 bits per heavy atom. The molecule has 0 aromatic rings. The monoisotopic (exact) mass is 378 g/mol. The predicted octanol–water partition coefficient (Wildman–Crippen LogP) is 4.61. The number of rotatable bonds is 13. The second kappa shape index (κ2) is 11.4. The minimum Gasteiger partial charge on any atom is -0.519 e. The third kappa shape index (κ3) is 6.59. The van der Waals surface area contributed by atoms with E-state index in [-0.39, 0.29) is 11.9 Å². The molecular weight excluding hydrogens is 340 g/mol. The van der Waals surface area contributed by atoms with E-state index >= 15 is 0 Å². The van der Waals surface area contributed by atoms with E-state index in [0.717, 1.165) is 12.1 Å². The standard InChI is InChI=1S/C17H38O5Si2/c1-9-19-24(20-10-2,21-11-3)14-16(8)17(18)22-23(12-4,13-5)15(6)7/h15-16H,9-14H2,1-8H3. The van der Waals surface area contributed by atoms with E-state index in [1.165, 1.54) is 0 Å². The lowest BCUT2D eigenvalue weighted by molar-refractivity contribution is -0.139. The highest BCUT2D eigenvalue weighted by Crippen LogP contribution is 2.32. The van der Waals surface area contributed by atoms with Gasteiger partial charge in [-0.2, -0.15) is 0 Å². The second-order valence-electron chi connectivity index (χ2n) is 6.43. The quantitative estimate of drug-likeness (QED) is 0.438. The molecule has 1 unspecified atom stereocenters. The van der Waals surface area contributed by atoms with Crippen molar-refractivity contribution >= 4 is 23.1 Å². The SMILES string of the molecule is CCO[Si](CC(C)C(=O)O[Si](CC)(CC)C(C)C)(OCC)OCC. The number of carbonyl (C=O) groups excluding carboxylic acids is 1. The van der Waals surface area contributed by atoms with Crippen LogP contribution in [0.4, 0.5) is 0 Å². The maximum atomic E-state index is 12.7. The van der Waals surface area contributed by atoms with Gasteiger partial charge >= 0.3 is 8.80 Å². The molecule has 0 heterocycles. The van der Waals surface area contributed by atoms with E-state index < -0.39 is 17.1 Å². The third-order valence-corrected chi connectivity index (χ3v) is 13.0. The zero-order chi connectivity index (χ0) is 18.8. The molecule has 7 heteroatoms. The molecule has 0 aromatic heterocycles. The van der Waals surface area contributed by atoms with Crippen LogP contribution in [0.3, 0.4) is 0 Å². The molecule has 0 radical (unpaired) electrons. The lowest BCUT2D eigenvalue weighted by atomic mass is 10.2. The molecule has 0 saturated heterocycles. The molecule has 0 spiro atoms. The van der Waals surface area contributed by atoms with Gasteiger partial charge in [0, 0.05) is 25.9 Å². The Hall–Kier alpha value is -0.216. The molecule has 144 valence electrons.